The monoisotopic (exact) mass is 240 g/mol. The predicted octanol–water partition coefficient (Wildman–Crippen LogP) is -0.0407. The first kappa shape index (κ1) is 12.5. The number of aryl methyl sites for hydroxylation is 1. The predicted molar refractivity (Wildman–Crippen MR) is 62.4 cm³/mol. The lowest BCUT2D eigenvalue weighted by Crippen LogP contribution is -2.53. The summed E-state index contributed by atoms with van der Waals surface area (Å²) in [7, 11) is 1.79. The van der Waals surface area contributed by atoms with Crippen molar-refractivity contribution in [2.24, 2.45) is 7.05 Å². The molecular formula is C11H20N4O2. The van der Waals surface area contributed by atoms with Crippen LogP contribution in [0.2, 0.25) is 0 Å². The first-order valence-corrected chi connectivity index (χ1v) is 5.89. The van der Waals surface area contributed by atoms with Crippen LogP contribution in [0.1, 0.15) is 25.6 Å². The fourth-order valence-corrected chi connectivity index (χ4v) is 2.22. The number of morpholine rings is 1. The van der Waals surface area contributed by atoms with Gasteiger partial charge in [0, 0.05) is 25.7 Å². The summed E-state index contributed by atoms with van der Waals surface area (Å²) in [5, 5.41) is 18.2. The van der Waals surface area contributed by atoms with E-state index in [2.05, 4.69) is 15.2 Å². The lowest BCUT2D eigenvalue weighted by atomic mass is 9.92. The molecule has 0 saturated carbocycles. The van der Waals surface area contributed by atoms with Crippen molar-refractivity contribution in [2.75, 3.05) is 26.3 Å². The van der Waals surface area contributed by atoms with E-state index >= 15 is 0 Å². The van der Waals surface area contributed by atoms with Crippen molar-refractivity contribution in [3.05, 3.63) is 11.9 Å². The van der Waals surface area contributed by atoms with E-state index in [9.17, 15) is 5.11 Å². The van der Waals surface area contributed by atoms with Gasteiger partial charge in [-0.3, -0.25) is 4.90 Å². The van der Waals surface area contributed by atoms with Crippen LogP contribution in [0.15, 0.2) is 6.20 Å². The molecular weight excluding hydrogens is 220 g/mol. The quantitative estimate of drug-likeness (QED) is 0.803. The molecule has 0 bridgehead atoms. The molecule has 2 rings (SSSR count). The molecule has 0 aliphatic carbocycles. The second-order valence-corrected chi connectivity index (χ2v) is 4.94. The smallest absolute Gasteiger partial charge is 0.115 e. The molecule has 6 heteroatoms. The van der Waals surface area contributed by atoms with Crippen molar-refractivity contribution in [2.45, 2.75) is 25.5 Å². The molecule has 0 spiro atoms. The van der Waals surface area contributed by atoms with Gasteiger partial charge in [0.2, 0.25) is 0 Å². The number of ether oxygens (including phenoxy) is 1. The topological polar surface area (TPSA) is 63.4 Å². The average molecular weight is 240 g/mol. The Balaban J connectivity index is 2.16. The van der Waals surface area contributed by atoms with Crippen LogP contribution in [-0.4, -0.2) is 56.8 Å². The van der Waals surface area contributed by atoms with Crippen LogP contribution in [0.4, 0.5) is 0 Å². The maximum Gasteiger partial charge on any atom is 0.115 e. The summed E-state index contributed by atoms with van der Waals surface area (Å²) in [5.74, 6) is 0. The second kappa shape index (κ2) is 4.72. The highest BCUT2D eigenvalue weighted by atomic mass is 16.5. The molecule has 1 saturated heterocycles. The van der Waals surface area contributed by atoms with Gasteiger partial charge in [-0.15, -0.1) is 5.10 Å². The molecule has 1 aliphatic heterocycles. The van der Waals surface area contributed by atoms with E-state index in [4.69, 9.17) is 4.74 Å². The van der Waals surface area contributed by atoms with Gasteiger partial charge in [0.05, 0.1) is 25.1 Å². The molecule has 6 nitrogen and oxygen atoms in total. The van der Waals surface area contributed by atoms with Gasteiger partial charge in [-0.1, -0.05) is 5.21 Å². The van der Waals surface area contributed by atoms with Crippen LogP contribution in [0.3, 0.4) is 0 Å². The summed E-state index contributed by atoms with van der Waals surface area (Å²) in [5.41, 5.74) is 0.390. The lowest BCUT2D eigenvalue weighted by Gasteiger charge is -2.43. The number of aromatic nitrogens is 3. The normalized spacial score (nSPS) is 20.5. The van der Waals surface area contributed by atoms with Crippen molar-refractivity contribution < 1.29 is 9.84 Å². The summed E-state index contributed by atoms with van der Waals surface area (Å²) < 4.78 is 6.95. The molecule has 1 aromatic heterocycles. The third-order valence-electron chi connectivity index (χ3n) is 3.52. The number of rotatable bonds is 3. The number of aliphatic hydroxyl groups excluding tert-OH is 1. The minimum absolute atomic E-state index is 0.348. The van der Waals surface area contributed by atoms with Gasteiger partial charge >= 0.3 is 0 Å². The molecule has 1 unspecified atom stereocenters. The SMILES string of the molecule is Cn1nncc1C(O)C(C)(C)N1CCOCC1. The molecule has 1 aliphatic rings. The highest BCUT2D eigenvalue weighted by molar-refractivity contribution is 5.07. The van der Waals surface area contributed by atoms with Gasteiger partial charge in [0.25, 0.3) is 0 Å². The molecule has 1 fully saturated rings. The van der Waals surface area contributed by atoms with Crippen LogP contribution in [0.5, 0.6) is 0 Å². The highest BCUT2D eigenvalue weighted by Gasteiger charge is 2.37. The van der Waals surface area contributed by atoms with Crippen LogP contribution in [-0.2, 0) is 11.8 Å². The average Bonchev–Trinajstić information content (AvgIpc) is 2.75. The van der Waals surface area contributed by atoms with E-state index < -0.39 is 6.10 Å². The molecule has 1 atom stereocenters. The van der Waals surface area contributed by atoms with Gasteiger partial charge in [0.15, 0.2) is 0 Å². The first-order chi connectivity index (χ1) is 8.03. The zero-order chi connectivity index (χ0) is 12.5. The zero-order valence-electron chi connectivity index (χ0n) is 10.6. The van der Waals surface area contributed by atoms with Crippen molar-refractivity contribution in [1.82, 2.24) is 19.9 Å². The molecule has 0 amide bonds. The lowest BCUT2D eigenvalue weighted by molar-refractivity contribution is -0.0652. The van der Waals surface area contributed by atoms with E-state index in [1.54, 1.807) is 17.9 Å². The molecule has 2 heterocycles. The maximum absolute atomic E-state index is 10.5. The van der Waals surface area contributed by atoms with Gasteiger partial charge in [-0.05, 0) is 13.8 Å². The molecule has 17 heavy (non-hydrogen) atoms. The van der Waals surface area contributed by atoms with Gasteiger partial charge in [-0.25, -0.2) is 4.68 Å². The van der Waals surface area contributed by atoms with Gasteiger partial charge in [-0.2, -0.15) is 0 Å². The summed E-state index contributed by atoms with van der Waals surface area (Å²) in [6.07, 6.45) is 1.01. The third kappa shape index (κ3) is 2.34. The summed E-state index contributed by atoms with van der Waals surface area (Å²) >= 11 is 0. The summed E-state index contributed by atoms with van der Waals surface area (Å²) in [4.78, 5) is 2.24. The van der Waals surface area contributed by atoms with Gasteiger partial charge in [0.1, 0.15) is 6.10 Å². The Labute approximate surface area is 101 Å². The maximum atomic E-state index is 10.5. The minimum Gasteiger partial charge on any atom is -0.385 e. The standard InChI is InChI=1S/C11H20N4O2/c1-11(2,15-4-6-17-7-5-15)10(16)9-8-12-13-14(9)3/h8,10,16H,4-7H2,1-3H3. The van der Waals surface area contributed by atoms with Crippen LogP contribution < -0.4 is 0 Å². The van der Waals surface area contributed by atoms with E-state index in [1.807, 2.05) is 13.8 Å². The van der Waals surface area contributed by atoms with Crippen LogP contribution >= 0.6 is 0 Å². The Morgan fingerprint density at radius 2 is 2.06 bits per heavy atom. The summed E-state index contributed by atoms with van der Waals surface area (Å²) in [6.45, 7) is 7.20. The van der Waals surface area contributed by atoms with E-state index in [-0.39, 0.29) is 5.54 Å². The van der Waals surface area contributed by atoms with Crippen molar-refractivity contribution >= 4 is 0 Å². The van der Waals surface area contributed by atoms with Crippen molar-refractivity contribution in [1.29, 1.82) is 0 Å². The fourth-order valence-electron chi connectivity index (χ4n) is 2.22. The first-order valence-electron chi connectivity index (χ1n) is 5.89. The second-order valence-electron chi connectivity index (χ2n) is 4.94. The fraction of sp³-hybridized carbons (Fsp3) is 0.818. The molecule has 0 radical (unpaired) electrons. The number of nitrogens with zero attached hydrogens (tertiary/aromatic N) is 4. The van der Waals surface area contributed by atoms with E-state index in [0.717, 1.165) is 32.0 Å². The highest BCUT2D eigenvalue weighted by Crippen LogP contribution is 2.30. The summed E-state index contributed by atoms with van der Waals surface area (Å²) in [6, 6.07) is 0. The van der Waals surface area contributed by atoms with Crippen LogP contribution in [0.25, 0.3) is 0 Å². The number of hydrogen-bond donors (Lipinski definition) is 1. The Hall–Kier alpha value is -0.980. The largest absolute Gasteiger partial charge is 0.385 e. The Morgan fingerprint density at radius 1 is 1.41 bits per heavy atom. The Morgan fingerprint density at radius 3 is 2.59 bits per heavy atom. The minimum atomic E-state index is -0.611. The molecule has 0 aromatic carbocycles. The molecule has 1 aromatic rings. The number of aliphatic hydroxyl groups is 1. The van der Waals surface area contributed by atoms with Crippen LogP contribution in [0, 0.1) is 0 Å². The third-order valence-corrected chi connectivity index (χ3v) is 3.52. The van der Waals surface area contributed by atoms with Crippen molar-refractivity contribution in [3.8, 4) is 0 Å². The molecule has 96 valence electrons. The Bertz CT molecular complexity index is 371. The Kier molecular flexibility index (Phi) is 3.46. The van der Waals surface area contributed by atoms with Gasteiger partial charge < -0.3 is 9.84 Å². The number of hydrogen-bond acceptors (Lipinski definition) is 5. The van der Waals surface area contributed by atoms with E-state index in [1.165, 1.54) is 0 Å². The van der Waals surface area contributed by atoms with Crippen molar-refractivity contribution in [3.63, 3.8) is 0 Å². The molecule has 1 N–H and O–H groups in total. The van der Waals surface area contributed by atoms with E-state index in [0.29, 0.717) is 0 Å². The zero-order valence-corrected chi connectivity index (χ0v) is 10.6.